The fourth-order valence-corrected chi connectivity index (χ4v) is 4.35. The van der Waals surface area contributed by atoms with Crippen molar-refractivity contribution in [3.05, 3.63) is 29.8 Å². The molecule has 0 bridgehead atoms. The molecule has 0 radical (unpaired) electrons. The van der Waals surface area contributed by atoms with Crippen LogP contribution >= 0.6 is 0 Å². The van der Waals surface area contributed by atoms with Gasteiger partial charge in [-0.05, 0) is 37.5 Å². The van der Waals surface area contributed by atoms with E-state index in [0.29, 0.717) is 30.5 Å². The number of carbonyl (C=O) groups is 2. The van der Waals surface area contributed by atoms with Gasteiger partial charge in [0.25, 0.3) is 5.91 Å². The van der Waals surface area contributed by atoms with Crippen LogP contribution in [-0.4, -0.2) is 36.7 Å². The third-order valence-corrected chi connectivity index (χ3v) is 5.79. The van der Waals surface area contributed by atoms with Gasteiger partial charge < -0.3 is 10.4 Å². The summed E-state index contributed by atoms with van der Waals surface area (Å²) < 4.78 is 26.2. The third-order valence-electron chi connectivity index (χ3n) is 4.30. The van der Waals surface area contributed by atoms with Crippen LogP contribution in [0.2, 0.25) is 0 Å². The predicted octanol–water partition coefficient (Wildman–Crippen LogP) is 2.36. The molecule has 0 atom stereocenters. The van der Waals surface area contributed by atoms with E-state index in [0.717, 1.165) is 12.8 Å². The lowest BCUT2D eigenvalue weighted by atomic mass is 9.92. The molecule has 138 valence electrons. The van der Waals surface area contributed by atoms with Crippen molar-refractivity contribution in [3.63, 3.8) is 0 Å². The molecular formula is C17H24N2O5S. The number of rotatable bonds is 8. The maximum absolute atomic E-state index is 12.5. The summed E-state index contributed by atoms with van der Waals surface area (Å²) in [6.45, 7) is 1.77. The second kappa shape index (κ2) is 7.86. The van der Waals surface area contributed by atoms with Crippen molar-refractivity contribution < 1.29 is 23.1 Å². The summed E-state index contributed by atoms with van der Waals surface area (Å²) >= 11 is 0. The monoisotopic (exact) mass is 368 g/mol. The van der Waals surface area contributed by atoms with Gasteiger partial charge in [-0.3, -0.25) is 14.3 Å². The summed E-state index contributed by atoms with van der Waals surface area (Å²) in [5.41, 5.74) is -0.103. The van der Waals surface area contributed by atoms with Gasteiger partial charge in [0.2, 0.25) is 10.0 Å². The average molecular weight is 368 g/mol. The van der Waals surface area contributed by atoms with Crippen LogP contribution < -0.4 is 10.0 Å². The van der Waals surface area contributed by atoms with Crippen molar-refractivity contribution in [1.29, 1.82) is 0 Å². The van der Waals surface area contributed by atoms with Crippen molar-refractivity contribution in [3.8, 4) is 0 Å². The molecule has 1 aromatic rings. The van der Waals surface area contributed by atoms with E-state index in [1.54, 1.807) is 25.1 Å². The summed E-state index contributed by atoms with van der Waals surface area (Å²) in [7, 11) is -3.44. The smallest absolute Gasteiger partial charge is 0.305 e. The highest BCUT2D eigenvalue weighted by Gasteiger charge is 2.37. The molecule has 1 aliphatic carbocycles. The number of amides is 1. The molecular weight excluding hydrogens is 344 g/mol. The number of sulfonamides is 1. The van der Waals surface area contributed by atoms with E-state index in [-0.39, 0.29) is 18.1 Å². The molecule has 0 aliphatic heterocycles. The maximum atomic E-state index is 12.5. The number of nitrogens with one attached hydrogen (secondary N) is 2. The van der Waals surface area contributed by atoms with Gasteiger partial charge in [0.05, 0.1) is 17.7 Å². The normalized spacial score (nSPS) is 16.4. The van der Waals surface area contributed by atoms with E-state index in [1.807, 2.05) is 0 Å². The fraction of sp³-hybridized carbons (Fsp3) is 0.529. The molecule has 1 amide bonds. The Morgan fingerprint density at radius 3 is 2.52 bits per heavy atom. The lowest BCUT2D eigenvalue weighted by Gasteiger charge is -2.28. The first-order valence-corrected chi connectivity index (χ1v) is 10.1. The summed E-state index contributed by atoms with van der Waals surface area (Å²) in [5.74, 6) is -1.33. The molecule has 0 unspecified atom stereocenters. The molecule has 0 spiro atoms. The molecule has 0 heterocycles. The Balaban J connectivity index is 2.14. The van der Waals surface area contributed by atoms with Crippen molar-refractivity contribution >= 4 is 27.6 Å². The number of anilines is 1. The van der Waals surface area contributed by atoms with E-state index in [2.05, 4.69) is 10.0 Å². The van der Waals surface area contributed by atoms with Crippen LogP contribution in [0.5, 0.6) is 0 Å². The molecule has 1 aliphatic rings. The van der Waals surface area contributed by atoms with Gasteiger partial charge >= 0.3 is 5.97 Å². The van der Waals surface area contributed by atoms with Crippen molar-refractivity contribution in [2.24, 2.45) is 0 Å². The van der Waals surface area contributed by atoms with Crippen LogP contribution in [0.3, 0.4) is 0 Å². The van der Waals surface area contributed by atoms with Crippen molar-refractivity contribution in [2.75, 3.05) is 10.5 Å². The maximum Gasteiger partial charge on any atom is 0.305 e. The number of aliphatic carboxylic acids is 1. The van der Waals surface area contributed by atoms with Crippen LogP contribution in [-0.2, 0) is 14.8 Å². The van der Waals surface area contributed by atoms with E-state index >= 15 is 0 Å². The van der Waals surface area contributed by atoms with Gasteiger partial charge in [-0.15, -0.1) is 0 Å². The summed E-state index contributed by atoms with van der Waals surface area (Å²) in [6, 6.07) is 6.21. The highest BCUT2D eigenvalue weighted by atomic mass is 32.2. The molecule has 25 heavy (non-hydrogen) atoms. The number of carboxylic acid groups (broad SMARTS) is 1. The Morgan fingerprint density at radius 2 is 1.92 bits per heavy atom. The highest BCUT2D eigenvalue weighted by molar-refractivity contribution is 7.92. The largest absolute Gasteiger partial charge is 0.481 e. The van der Waals surface area contributed by atoms with Crippen LogP contribution in [0, 0.1) is 0 Å². The van der Waals surface area contributed by atoms with Gasteiger partial charge in [-0.1, -0.05) is 25.8 Å². The Morgan fingerprint density at radius 1 is 1.24 bits per heavy atom. The van der Waals surface area contributed by atoms with E-state index in [1.165, 1.54) is 6.07 Å². The SMILES string of the molecule is CCCS(=O)(=O)Nc1cccc(C(=O)NC2(CC(=O)O)CCCC2)c1. The number of hydrogen-bond acceptors (Lipinski definition) is 4. The summed E-state index contributed by atoms with van der Waals surface area (Å²) in [4.78, 5) is 23.7. The Bertz CT molecular complexity index is 739. The van der Waals surface area contributed by atoms with Gasteiger partial charge in [0, 0.05) is 11.3 Å². The minimum absolute atomic E-state index is 0.00511. The van der Waals surface area contributed by atoms with Crippen molar-refractivity contribution in [1.82, 2.24) is 5.32 Å². The van der Waals surface area contributed by atoms with Crippen molar-refractivity contribution in [2.45, 2.75) is 51.0 Å². The summed E-state index contributed by atoms with van der Waals surface area (Å²) in [6.07, 6.45) is 3.41. The molecule has 3 N–H and O–H groups in total. The Labute approximate surface area is 147 Å². The van der Waals surface area contributed by atoms with Crippen LogP contribution in [0.25, 0.3) is 0 Å². The molecule has 8 heteroatoms. The number of benzene rings is 1. The van der Waals surface area contributed by atoms with Gasteiger partial charge in [0.15, 0.2) is 0 Å². The van der Waals surface area contributed by atoms with Crippen LogP contribution in [0.4, 0.5) is 5.69 Å². The van der Waals surface area contributed by atoms with Crippen LogP contribution in [0.1, 0.15) is 55.8 Å². The number of carboxylic acids is 1. The summed E-state index contributed by atoms with van der Waals surface area (Å²) in [5, 5.41) is 12.0. The number of hydrogen-bond donors (Lipinski definition) is 3. The molecule has 1 aromatic carbocycles. The zero-order valence-electron chi connectivity index (χ0n) is 14.2. The zero-order chi connectivity index (χ0) is 18.5. The Kier molecular flexibility index (Phi) is 6.05. The lowest BCUT2D eigenvalue weighted by molar-refractivity contribution is -0.138. The first-order valence-electron chi connectivity index (χ1n) is 8.40. The molecule has 1 saturated carbocycles. The average Bonchev–Trinajstić information content (AvgIpc) is 2.94. The molecule has 7 nitrogen and oxygen atoms in total. The molecule has 1 fully saturated rings. The van der Waals surface area contributed by atoms with E-state index in [4.69, 9.17) is 5.11 Å². The lowest BCUT2D eigenvalue weighted by Crippen LogP contribution is -2.47. The standard InChI is InChI=1S/C17H24N2O5S/c1-2-10-25(23,24)19-14-7-5-6-13(11-14)16(22)18-17(12-15(20)21)8-3-4-9-17/h5-7,11,19H,2-4,8-10,12H2,1H3,(H,18,22)(H,20,21). The van der Waals surface area contributed by atoms with E-state index in [9.17, 15) is 18.0 Å². The highest BCUT2D eigenvalue weighted by Crippen LogP contribution is 2.33. The van der Waals surface area contributed by atoms with Gasteiger partial charge in [0.1, 0.15) is 0 Å². The quantitative estimate of drug-likeness (QED) is 0.652. The topological polar surface area (TPSA) is 113 Å². The molecule has 0 saturated heterocycles. The third kappa shape index (κ3) is 5.45. The fourth-order valence-electron chi connectivity index (χ4n) is 3.22. The second-order valence-corrected chi connectivity index (χ2v) is 8.36. The first kappa shape index (κ1) is 19.2. The molecule has 0 aromatic heterocycles. The van der Waals surface area contributed by atoms with Crippen LogP contribution in [0.15, 0.2) is 24.3 Å². The first-order chi connectivity index (χ1) is 11.8. The minimum Gasteiger partial charge on any atom is -0.481 e. The minimum atomic E-state index is -3.44. The Hall–Kier alpha value is -2.09. The van der Waals surface area contributed by atoms with Gasteiger partial charge in [-0.2, -0.15) is 0 Å². The number of carbonyl (C=O) groups excluding carboxylic acids is 1. The van der Waals surface area contributed by atoms with E-state index < -0.39 is 21.5 Å². The molecule has 2 rings (SSSR count). The zero-order valence-corrected chi connectivity index (χ0v) is 15.1. The second-order valence-electron chi connectivity index (χ2n) is 6.51. The predicted molar refractivity (Wildman–Crippen MR) is 95.1 cm³/mol. The van der Waals surface area contributed by atoms with Gasteiger partial charge in [-0.25, -0.2) is 8.42 Å².